The molecule has 1 nitrogen and oxygen atoms in total. The molecule has 11 rings (SSSR count). The number of nitrogens with zero attached hydrogens (tertiary/aromatic N) is 1. The third-order valence-corrected chi connectivity index (χ3v) is 13.9. The van der Waals surface area contributed by atoms with Crippen LogP contribution in [0, 0.1) is 0 Å². The predicted molar refractivity (Wildman–Crippen MR) is 245 cm³/mol. The lowest BCUT2D eigenvalue weighted by Crippen LogP contribution is -2.21. The van der Waals surface area contributed by atoms with Crippen LogP contribution < -0.4 is 4.90 Å². The van der Waals surface area contributed by atoms with Gasteiger partial charge in [-0.25, -0.2) is 0 Å². The van der Waals surface area contributed by atoms with E-state index in [0.29, 0.717) is 0 Å². The van der Waals surface area contributed by atoms with Crippen molar-refractivity contribution in [2.75, 3.05) is 4.90 Å². The van der Waals surface area contributed by atoms with E-state index in [1.807, 2.05) is 0 Å². The second kappa shape index (κ2) is 12.3. The molecule has 0 aliphatic heterocycles. The van der Waals surface area contributed by atoms with Crippen LogP contribution in [-0.4, -0.2) is 0 Å². The Balaban J connectivity index is 1.13. The first kappa shape index (κ1) is 34.8. The third kappa shape index (κ3) is 4.71. The molecule has 0 bridgehead atoms. The van der Waals surface area contributed by atoms with Crippen molar-refractivity contribution in [3.8, 4) is 55.6 Å². The first-order valence-electron chi connectivity index (χ1n) is 20.8. The van der Waals surface area contributed by atoms with E-state index in [-0.39, 0.29) is 16.2 Å². The highest BCUT2D eigenvalue weighted by molar-refractivity contribution is 6.00. The average Bonchev–Trinajstić information content (AvgIpc) is 3.75. The third-order valence-electron chi connectivity index (χ3n) is 13.9. The summed E-state index contributed by atoms with van der Waals surface area (Å²) >= 11 is 0. The monoisotopic (exact) mass is 745 g/mol. The molecule has 0 amide bonds. The second-order valence-corrected chi connectivity index (χ2v) is 18.1. The molecule has 0 saturated carbocycles. The molecule has 0 N–H and O–H groups in total. The molecule has 1 heteroatoms. The average molecular weight is 746 g/mol. The molecule has 58 heavy (non-hydrogen) atoms. The Morgan fingerprint density at radius 1 is 0.293 bits per heavy atom. The Labute approximate surface area is 343 Å². The maximum absolute atomic E-state index is 2.55. The number of rotatable bonds is 5. The minimum absolute atomic E-state index is 0.0873. The second-order valence-electron chi connectivity index (χ2n) is 18.1. The zero-order chi connectivity index (χ0) is 39.6. The summed E-state index contributed by atoms with van der Waals surface area (Å²) < 4.78 is 0. The molecule has 3 aliphatic carbocycles. The minimum Gasteiger partial charge on any atom is -0.310 e. The highest BCUT2D eigenvalue weighted by Gasteiger charge is 2.41. The Morgan fingerprint density at radius 2 is 0.724 bits per heavy atom. The van der Waals surface area contributed by atoms with Crippen LogP contribution in [0.2, 0.25) is 0 Å². The summed E-state index contributed by atoms with van der Waals surface area (Å²) in [4.78, 5) is 2.55. The quantitative estimate of drug-likeness (QED) is 0.170. The van der Waals surface area contributed by atoms with Gasteiger partial charge >= 0.3 is 0 Å². The van der Waals surface area contributed by atoms with Gasteiger partial charge in [-0.2, -0.15) is 0 Å². The van der Waals surface area contributed by atoms with Crippen LogP contribution in [0.5, 0.6) is 0 Å². The van der Waals surface area contributed by atoms with Crippen LogP contribution in [0.3, 0.4) is 0 Å². The zero-order valence-electron chi connectivity index (χ0n) is 34.2. The van der Waals surface area contributed by atoms with Gasteiger partial charge in [0.15, 0.2) is 0 Å². The van der Waals surface area contributed by atoms with Crippen molar-refractivity contribution in [2.45, 2.75) is 57.8 Å². The summed E-state index contributed by atoms with van der Waals surface area (Å²) in [7, 11) is 0. The topological polar surface area (TPSA) is 3.24 Å². The Hall–Kier alpha value is -6.44. The number of hydrogen-bond acceptors (Lipinski definition) is 1. The lowest BCUT2D eigenvalue weighted by Gasteiger charge is -2.33. The van der Waals surface area contributed by atoms with Crippen LogP contribution >= 0.6 is 0 Å². The first-order valence-corrected chi connectivity index (χ1v) is 20.8. The lowest BCUT2D eigenvalue weighted by molar-refractivity contribution is 0.660. The van der Waals surface area contributed by atoms with Gasteiger partial charge in [-0.3, -0.25) is 0 Å². The molecule has 0 heterocycles. The number of hydrogen-bond donors (Lipinski definition) is 0. The van der Waals surface area contributed by atoms with Crippen molar-refractivity contribution in [3.05, 3.63) is 209 Å². The van der Waals surface area contributed by atoms with Crippen molar-refractivity contribution >= 4 is 17.1 Å². The van der Waals surface area contributed by atoms with Crippen LogP contribution in [-0.2, 0) is 16.2 Å². The molecule has 8 aromatic rings. The summed E-state index contributed by atoms with van der Waals surface area (Å²) in [6.07, 6.45) is 0. The highest BCUT2D eigenvalue weighted by Crippen LogP contribution is 2.58. The summed E-state index contributed by atoms with van der Waals surface area (Å²) in [6, 6.07) is 66.1. The smallest absolute Gasteiger partial charge is 0.0540 e. The predicted octanol–water partition coefficient (Wildman–Crippen LogP) is 15.4. The van der Waals surface area contributed by atoms with E-state index in [4.69, 9.17) is 0 Å². The molecule has 3 aliphatic rings. The molecule has 0 fully saturated rings. The molecule has 0 aromatic heterocycles. The SMILES string of the molecule is CC1(C)c2ccccc2-c2c(-c3ccccc3N(c3ccc(-c4cccc5c4C(C)(C)c4ccccc4-5)cc3)c3cccc4c3C(C)(C)c3ccccc3-4)cccc21. The van der Waals surface area contributed by atoms with E-state index in [1.165, 1.54) is 100 Å². The van der Waals surface area contributed by atoms with E-state index < -0.39 is 0 Å². The molecule has 280 valence electrons. The van der Waals surface area contributed by atoms with Gasteiger partial charge in [0, 0.05) is 27.5 Å². The maximum Gasteiger partial charge on any atom is 0.0540 e. The molecule has 0 spiro atoms. The van der Waals surface area contributed by atoms with Gasteiger partial charge in [0.1, 0.15) is 0 Å². The molecule has 0 saturated heterocycles. The van der Waals surface area contributed by atoms with E-state index >= 15 is 0 Å². The summed E-state index contributed by atoms with van der Waals surface area (Å²) in [5, 5.41) is 0. The van der Waals surface area contributed by atoms with Crippen LogP contribution in [0.25, 0.3) is 55.6 Å². The summed E-state index contributed by atoms with van der Waals surface area (Å²) in [5.41, 5.74) is 24.5. The number of benzene rings is 8. The van der Waals surface area contributed by atoms with E-state index in [2.05, 4.69) is 222 Å². The number of fused-ring (bicyclic) bond motifs is 9. The lowest BCUT2D eigenvalue weighted by atomic mass is 9.79. The van der Waals surface area contributed by atoms with E-state index in [9.17, 15) is 0 Å². The van der Waals surface area contributed by atoms with Gasteiger partial charge in [0.25, 0.3) is 0 Å². The minimum atomic E-state index is -0.197. The number of anilines is 3. The Morgan fingerprint density at radius 3 is 1.40 bits per heavy atom. The zero-order valence-corrected chi connectivity index (χ0v) is 34.2. The fourth-order valence-electron chi connectivity index (χ4n) is 11.2. The summed E-state index contributed by atoms with van der Waals surface area (Å²) in [5.74, 6) is 0. The molecule has 0 radical (unpaired) electrons. The molecule has 8 aromatic carbocycles. The molecule has 0 unspecified atom stereocenters. The standard InChI is InChI=1S/C57H47N/c1-55(2)48-28-13-9-21-45(48)52-42(23-16-29-49(52)55)41-20-10-14-30-50(41)58(51-31-17-25-44-40-19-8-12-27-47(40)57(5,6)54(44)51)37-34-32-36(33-35-37)38-22-15-24-43-39-18-7-11-26-46(39)56(3,4)53(38)43/h7-35H,1-6H3. The van der Waals surface area contributed by atoms with Crippen LogP contribution in [0.1, 0.15) is 74.9 Å². The maximum atomic E-state index is 2.55. The number of para-hydroxylation sites is 1. The largest absolute Gasteiger partial charge is 0.310 e. The fraction of sp³-hybridized carbons (Fsp3) is 0.158. The van der Waals surface area contributed by atoms with Crippen molar-refractivity contribution in [2.24, 2.45) is 0 Å². The van der Waals surface area contributed by atoms with Gasteiger partial charge in [-0.1, -0.05) is 193 Å². The van der Waals surface area contributed by atoms with E-state index in [0.717, 1.165) is 5.69 Å². The Bertz CT molecular complexity index is 2970. The van der Waals surface area contributed by atoms with Gasteiger partial charge in [-0.15, -0.1) is 0 Å². The van der Waals surface area contributed by atoms with E-state index in [1.54, 1.807) is 0 Å². The molecule has 0 atom stereocenters. The highest BCUT2D eigenvalue weighted by atomic mass is 15.1. The van der Waals surface area contributed by atoms with Crippen molar-refractivity contribution in [1.82, 2.24) is 0 Å². The Kier molecular flexibility index (Phi) is 7.36. The van der Waals surface area contributed by atoms with Crippen molar-refractivity contribution < 1.29 is 0 Å². The molecular weight excluding hydrogens is 699 g/mol. The molecular formula is C57H47N. The van der Waals surface area contributed by atoms with Crippen molar-refractivity contribution in [1.29, 1.82) is 0 Å². The van der Waals surface area contributed by atoms with Gasteiger partial charge in [0.2, 0.25) is 0 Å². The fourth-order valence-corrected chi connectivity index (χ4v) is 11.2. The van der Waals surface area contributed by atoms with Gasteiger partial charge in [-0.05, 0) is 108 Å². The van der Waals surface area contributed by atoms with Gasteiger partial charge in [0.05, 0.1) is 11.4 Å². The first-order chi connectivity index (χ1) is 28.1. The van der Waals surface area contributed by atoms with Crippen LogP contribution in [0.15, 0.2) is 176 Å². The van der Waals surface area contributed by atoms with Crippen LogP contribution in [0.4, 0.5) is 17.1 Å². The van der Waals surface area contributed by atoms with Gasteiger partial charge < -0.3 is 4.90 Å². The summed E-state index contributed by atoms with van der Waals surface area (Å²) in [6.45, 7) is 14.3. The van der Waals surface area contributed by atoms with Crippen molar-refractivity contribution in [3.63, 3.8) is 0 Å². The normalized spacial score (nSPS) is 15.5.